The Labute approximate surface area is 77.4 Å². The number of aromatic nitrogens is 1. The van der Waals surface area contributed by atoms with Gasteiger partial charge in [-0.05, 0) is 25.0 Å². The highest BCUT2D eigenvalue weighted by atomic mass is 16.1. The predicted octanol–water partition coefficient (Wildman–Crippen LogP) is 1.38. The van der Waals surface area contributed by atoms with Gasteiger partial charge in [-0.25, -0.2) is 0 Å². The lowest BCUT2D eigenvalue weighted by atomic mass is 10.2. The first-order chi connectivity index (χ1) is 6.27. The van der Waals surface area contributed by atoms with E-state index in [-0.39, 0.29) is 6.04 Å². The molecule has 3 nitrogen and oxygen atoms in total. The number of nitrogens with zero attached hydrogens (tertiary/aromatic N) is 1. The van der Waals surface area contributed by atoms with Crippen molar-refractivity contribution in [2.75, 3.05) is 0 Å². The van der Waals surface area contributed by atoms with Gasteiger partial charge in [0.15, 0.2) is 0 Å². The van der Waals surface area contributed by atoms with Gasteiger partial charge in [-0.3, -0.25) is 0 Å². The van der Waals surface area contributed by atoms with E-state index in [1.54, 1.807) is 0 Å². The molecule has 1 atom stereocenters. The average Bonchev–Trinajstić information content (AvgIpc) is 2.62. The van der Waals surface area contributed by atoms with Crippen LogP contribution in [0.1, 0.15) is 24.9 Å². The molecule has 0 amide bonds. The van der Waals surface area contributed by atoms with Gasteiger partial charge in [-0.1, -0.05) is 0 Å². The van der Waals surface area contributed by atoms with Crippen LogP contribution in [0.2, 0.25) is 0 Å². The van der Waals surface area contributed by atoms with Gasteiger partial charge in [0.05, 0.1) is 6.04 Å². The number of hydrogen-bond donors (Lipinski definition) is 0. The van der Waals surface area contributed by atoms with Crippen LogP contribution in [0.15, 0.2) is 18.5 Å². The molecule has 3 heteroatoms. The van der Waals surface area contributed by atoms with Gasteiger partial charge < -0.3 is 14.2 Å². The second kappa shape index (κ2) is 4.60. The molecule has 70 valence electrons. The minimum Gasteiger partial charge on any atom is -0.344 e. The van der Waals surface area contributed by atoms with Gasteiger partial charge in [0.1, 0.15) is 12.6 Å². The number of carbonyl (C=O) groups is 2. The Morgan fingerprint density at radius 3 is 2.92 bits per heavy atom. The van der Waals surface area contributed by atoms with Crippen molar-refractivity contribution >= 4 is 12.6 Å². The zero-order valence-electron chi connectivity index (χ0n) is 7.64. The molecule has 1 unspecified atom stereocenters. The molecular formula is C10H13NO2. The van der Waals surface area contributed by atoms with Crippen molar-refractivity contribution in [1.82, 2.24) is 4.57 Å². The zero-order valence-corrected chi connectivity index (χ0v) is 7.64. The third-order valence-corrected chi connectivity index (χ3v) is 1.99. The molecule has 1 heterocycles. The van der Waals surface area contributed by atoms with Gasteiger partial charge in [-0.15, -0.1) is 0 Å². The molecule has 0 aliphatic carbocycles. The maximum Gasteiger partial charge on any atom is 0.142 e. The molecule has 0 aliphatic rings. The summed E-state index contributed by atoms with van der Waals surface area (Å²) in [5.41, 5.74) is 1.10. The first-order valence-electron chi connectivity index (χ1n) is 4.33. The molecule has 1 aromatic rings. The van der Waals surface area contributed by atoms with Gasteiger partial charge in [0, 0.05) is 18.8 Å². The fourth-order valence-electron chi connectivity index (χ4n) is 1.16. The highest BCUT2D eigenvalue weighted by Gasteiger charge is 2.02. The van der Waals surface area contributed by atoms with E-state index in [9.17, 15) is 9.59 Å². The third-order valence-electron chi connectivity index (χ3n) is 1.99. The molecule has 0 aromatic carbocycles. The normalized spacial score (nSPS) is 12.4. The van der Waals surface area contributed by atoms with Gasteiger partial charge in [-0.2, -0.15) is 0 Å². The Hall–Kier alpha value is -1.38. The first-order valence-corrected chi connectivity index (χ1v) is 4.33. The number of aldehydes is 2. The fraction of sp³-hybridized carbons (Fsp3) is 0.400. The van der Waals surface area contributed by atoms with E-state index in [4.69, 9.17) is 0 Å². The molecule has 0 saturated heterocycles. The minimum absolute atomic E-state index is 0.120. The maximum absolute atomic E-state index is 10.5. The molecule has 0 saturated carbocycles. The highest BCUT2D eigenvalue weighted by Crippen LogP contribution is 2.08. The number of carbonyl (C=O) groups excluding carboxylic acids is 2. The van der Waals surface area contributed by atoms with Crippen LogP contribution in [0.5, 0.6) is 0 Å². The number of aryl methyl sites for hydroxylation is 1. The Balaban J connectivity index is 2.62. The topological polar surface area (TPSA) is 39.1 Å². The Bertz CT molecular complexity index is 291. The third kappa shape index (κ3) is 2.54. The summed E-state index contributed by atoms with van der Waals surface area (Å²) in [6.45, 7) is 1.83. The first kappa shape index (κ1) is 9.71. The van der Waals surface area contributed by atoms with E-state index in [1.807, 2.05) is 30.0 Å². The van der Waals surface area contributed by atoms with Crippen LogP contribution in [-0.2, 0) is 16.0 Å². The molecule has 0 spiro atoms. The monoisotopic (exact) mass is 179 g/mol. The molecular weight excluding hydrogens is 166 g/mol. The fourth-order valence-corrected chi connectivity index (χ4v) is 1.16. The van der Waals surface area contributed by atoms with Gasteiger partial charge in [0.2, 0.25) is 0 Å². The van der Waals surface area contributed by atoms with Crippen molar-refractivity contribution in [1.29, 1.82) is 0 Å². The van der Waals surface area contributed by atoms with E-state index in [1.165, 1.54) is 0 Å². The van der Waals surface area contributed by atoms with Crippen molar-refractivity contribution < 1.29 is 9.59 Å². The lowest BCUT2D eigenvalue weighted by Gasteiger charge is -2.03. The Morgan fingerprint density at radius 1 is 1.54 bits per heavy atom. The summed E-state index contributed by atoms with van der Waals surface area (Å²) in [5, 5.41) is 0. The maximum atomic E-state index is 10.5. The van der Waals surface area contributed by atoms with Gasteiger partial charge in [0.25, 0.3) is 0 Å². The van der Waals surface area contributed by atoms with Crippen LogP contribution in [-0.4, -0.2) is 17.1 Å². The molecule has 0 radical (unpaired) electrons. The van der Waals surface area contributed by atoms with E-state index in [0.29, 0.717) is 6.42 Å². The van der Waals surface area contributed by atoms with Crippen LogP contribution >= 0.6 is 0 Å². The van der Waals surface area contributed by atoms with E-state index < -0.39 is 0 Å². The van der Waals surface area contributed by atoms with Crippen LogP contribution in [0, 0.1) is 0 Å². The molecule has 0 aliphatic heterocycles. The van der Waals surface area contributed by atoms with Crippen molar-refractivity contribution in [3.63, 3.8) is 0 Å². The summed E-state index contributed by atoms with van der Waals surface area (Å²) in [7, 11) is 0. The number of hydrogen-bond acceptors (Lipinski definition) is 2. The van der Waals surface area contributed by atoms with E-state index in [0.717, 1.165) is 24.6 Å². The van der Waals surface area contributed by atoms with Crippen molar-refractivity contribution in [3.05, 3.63) is 24.0 Å². The second-order valence-electron chi connectivity index (χ2n) is 3.05. The van der Waals surface area contributed by atoms with E-state index >= 15 is 0 Å². The lowest BCUT2D eigenvalue weighted by Crippen LogP contribution is -2.02. The summed E-state index contributed by atoms with van der Waals surface area (Å²) < 4.78 is 1.84. The minimum atomic E-state index is -0.120. The summed E-state index contributed by atoms with van der Waals surface area (Å²) in [6.07, 6.45) is 6.85. The van der Waals surface area contributed by atoms with Crippen LogP contribution in [0.3, 0.4) is 0 Å². The molecule has 1 rings (SSSR count). The lowest BCUT2D eigenvalue weighted by molar-refractivity contribution is -0.110. The molecule has 0 fully saturated rings. The van der Waals surface area contributed by atoms with Crippen LogP contribution in [0.25, 0.3) is 0 Å². The van der Waals surface area contributed by atoms with E-state index in [2.05, 4.69) is 0 Å². The largest absolute Gasteiger partial charge is 0.344 e. The van der Waals surface area contributed by atoms with Crippen LogP contribution in [0.4, 0.5) is 0 Å². The standard InChI is InChI=1S/C10H13NO2/c1-9(8-13)11-5-4-10(7-11)3-2-6-12/h4-9H,2-3H2,1H3. The van der Waals surface area contributed by atoms with Crippen molar-refractivity contribution in [2.45, 2.75) is 25.8 Å². The van der Waals surface area contributed by atoms with Crippen LogP contribution < -0.4 is 0 Å². The second-order valence-corrected chi connectivity index (χ2v) is 3.05. The molecule has 0 bridgehead atoms. The SMILES string of the molecule is CC(C=O)n1ccc(CCC=O)c1. The Morgan fingerprint density at radius 2 is 2.31 bits per heavy atom. The zero-order chi connectivity index (χ0) is 9.68. The summed E-state index contributed by atoms with van der Waals surface area (Å²) >= 11 is 0. The van der Waals surface area contributed by atoms with Gasteiger partial charge >= 0.3 is 0 Å². The summed E-state index contributed by atoms with van der Waals surface area (Å²) in [6, 6.07) is 1.81. The predicted molar refractivity (Wildman–Crippen MR) is 49.6 cm³/mol. The Kier molecular flexibility index (Phi) is 3.43. The molecule has 13 heavy (non-hydrogen) atoms. The number of rotatable bonds is 5. The average molecular weight is 179 g/mol. The highest BCUT2D eigenvalue weighted by molar-refractivity contribution is 5.55. The van der Waals surface area contributed by atoms with Crippen molar-refractivity contribution in [2.24, 2.45) is 0 Å². The van der Waals surface area contributed by atoms with Crippen molar-refractivity contribution in [3.8, 4) is 0 Å². The quantitative estimate of drug-likeness (QED) is 0.640. The molecule has 0 N–H and O–H groups in total. The summed E-state index contributed by atoms with van der Waals surface area (Å²) in [5.74, 6) is 0. The summed E-state index contributed by atoms with van der Waals surface area (Å²) in [4.78, 5) is 20.6. The molecule has 1 aromatic heterocycles. The smallest absolute Gasteiger partial charge is 0.142 e.